The SMILES string of the molecule is CC(C)c1cc(C2CCCN2Cc2cccc(F)c2)on1. The Labute approximate surface area is 124 Å². The fourth-order valence-corrected chi connectivity index (χ4v) is 2.94. The number of likely N-dealkylation sites (tertiary alicyclic amines) is 1. The summed E-state index contributed by atoms with van der Waals surface area (Å²) in [7, 11) is 0. The molecule has 0 radical (unpaired) electrons. The maximum atomic E-state index is 13.3. The van der Waals surface area contributed by atoms with Crippen molar-refractivity contribution in [2.75, 3.05) is 6.54 Å². The average Bonchev–Trinajstić information content (AvgIpc) is 3.06. The molecule has 1 saturated heterocycles. The summed E-state index contributed by atoms with van der Waals surface area (Å²) < 4.78 is 18.8. The van der Waals surface area contributed by atoms with Crippen LogP contribution in [0.1, 0.15) is 55.7 Å². The molecular formula is C17H21FN2O. The normalized spacial score (nSPS) is 19.5. The van der Waals surface area contributed by atoms with Gasteiger partial charge in [0, 0.05) is 12.6 Å². The standard InChI is InChI=1S/C17H21FN2O/c1-12(2)15-10-17(21-19-15)16-7-4-8-20(16)11-13-5-3-6-14(18)9-13/h3,5-6,9-10,12,16H,4,7-8,11H2,1-2H3. The van der Waals surface area contributed by atoms with Crippen LogP contribution in [0, 0.1) is 5.82 Å². The van der Waals surface area contributed by atoms with E-state index in [1.165, 1.54) is 6.07 Å². The Morgan fingerprint density at radius 2 is 2.24 bits per heavy atom. The van der Waals surface area contributed by atoms with Crippen LogP contribution in [0.15, 0.2) is 34.9 Å². The maximum Gasteiger partial charge on any atom is 0.154 e. The van der Waals surface area contributed by atoms with Crippen LogP contribution in [-0.4, -0.2) is 16.6 Å². The molecule has 1 aromatic heterocycles. The Bertz CT molecular complexity index is 608. The quantitative estimate of drug-likeness (QED) is 0.841. The van der Waals surface area contributed by atoms with Crippen molar-refractivity contribution in [3.8, 4) is 0 Å². The van der Waals surface area contributed by atoms with E-state index in [2.05, 4.69) is 30.0 Å². The summed E-state index contributed by atoms with van der Waals surface area (Å²) in [5.41, 5.74) is 2.01. The monoisotopic (exact) mass is 288 g/mol. The van der Waals surface area contributed by atoms with Gasteiger partial charge < -0.3 is 4.52 Å². The van der Waals surface area contributed by atoms with Crippen LogP contribution in [0.3, 0.4) is 0 Å². The lowest BCUT2D eigenvalue weighted by molar-refractivity contribution is 0.206. The first-order chi connectivity index (χ1) is 10.1. The minimum atomic E-state index is -0.176. The van der Waals surface area contributed by atoms with Crippen molar-refractivity contribution in [2.24, 2.45) is 0 Å². The first-order valence-electron chi connectivity index (χ1n) is 7.58. The van der Waals surface area contributed by atoms with Gasteiger partial charge in [0.15, 0.2) is 5.76 Å². The third-order valence-electron chi connectivity index (χ3n) is 4.10. The summed E-state index contributed by atoms with van der Waals surface area (Å²) in [5, 5.41) is 4.15. The second-order valence-electron chi connectivity index (χ2n) is 6.07. The van der Waals surface area contributed by atoms with E-state index in [0.717, 1.165) is 42.9 Å². The lowest BCUT2D eigenvalue weighted by Crippen LogP contribution is -2.22. The molecule has 2 aromatic rings. The van der Waals surface area contributed by atoms with E-state index in [4.69, 9.17) is 4.52 Å². The number of hydrogen-bond donors (Lipinski definition) is 0. The van der Waals surface area contributed by atoms with Crippen LogP contribution >= 0.6 is 0 Å². The second kappa shape index (κ2) is 5.98. The zero-order valence-electron chi connectivity index (χ0n) is 12.6. The smallest absolute Gasteiger partial charge is 0.154 e. The molecule has 0 bridgehead atoms. The van der Waals surface area contributed by atoms with Crippen LogP contribution in [0.5, 0.6) is 0 Å². The molecule has 3 nitrogen and oxygen atoms in total. The maximum absolute atomic E-state index is 13.3. The van der Waals surface area contributed by atoms with Crippen LogP contribution in [0.25, 0.3) is 0 Å². The summed E-state index contributed by atoms with van der Waals surface area (Å²) in [6.45, 7) is 5.99. The van der Waals surface area contributed by atoms with Gasteiger partial charge in [-0.15, -0.1) is 0 Å². The van der Waals surface area contributed by atoms with Crippen molar-refractivity contribution in [3.63, 3.8) is 0 Å². The van der Waals surface area contributed by atoms with Gasteiger partial charge in [-0.3, -0.25) is 4.90 Å². The van der Waals surface area contributed by atoms with E-state index in [1.54, 1.807) is 12.1 Å². The Morgan fingerprint density at radius 1 is 1.38 bits per heavy atom. The first kappa shape index (κ1) is 14.3. The van der Waals surface area contributed by atoms with Crippen LogP contribution in [0.4, 0.5) is 4.39 Å². The zero-order valence-corrected chi connectivity index (χ0v) is 12.6. The predicted molar refractivity (Wildman–Crippen MR) is 79.4 cm³/mol. The second-order valence-corrected chi connectivity index (χ2v) is 6.07. The molecule has 0 saturated carbocycles. The summed E-state index contributed by atoms with van der Waals surface area (Å²) in [4.78, 5) is 2.35. The number of aromatic nitrogens is 1. The van der Waals surface area contributed by atoms with Crippen molar-refractivity contribution in [2.45, 2.75) is 45.2 Å². The molecule has 112 valence electrons. The first-order valence-corrected chi connectivity index (χ1v) is 7.58. The van der Waals surface area contributed by atoms with E-state index in [-0.39, 0.29) is 11.9 Å². The highest BCUT2D eigenvalue weighted by atomic mass is 19.1. The molecule has 3 rings (SSSR count). The Balaban J connectivity index is 1.75. The van der Waals surface area contributed by atoms with Gasteiger partial charge in [0.1, 0.15) is 5.82 Å². The van der Waals surface area contributed by atoms with E-state index >= 15 is 0 Å². The lowest BCUT2D eigenvalue weighted by atomic mass is 10.1. The van der Waals surface area contributed by atoms with Gasteiger partial charge in [-0.05, 0) is 43.0 Å². The van der Waals surface area contributed by atoms with E-state index in [1.807, 2.05) is 6.07 Å². The van der Waals surface area contributed by atoms with Crippen molar-refractivity contribution in [3.05, 3.63) is 53.2 Å². The molecule has 0 N–H and O–H groups in total. The van der Waals surface area contributed by atoms with Gasteiger partial charge in [-0.1, -0.05) is 31.1 Å². The molecule has 1 fully saturated rings. The predicted octanol–water partition coefficient (Wildman–Crippen LogP) is 4.27. The largest absolute Gasteiger partial charge is 0.359 e. The number of halogens is 1. The van der Waals surface area contributed by atoms with Crippen molar-refractivity contribution >= 4 is 0 Å². The van der Waals surface area contributed by atoms with Gasteiger partial charge in [0.25, 0.3) is 0 Å². The highest BCUT2D eigenvalue weighted by Gasteiger charge is 2.29. The fourth-order valence-electron chi connectivity index (χ4n) is 2.94. The number of hydrogen-bond acceptors (Lipinski definition) is 3. The molecule has 21 heavy (non-hydrogen) atoms. The lowest BCUT2D eigenvalue weighted by Gasteiger charge is -2.22. The van der Waals surface area contributed by atoms with Crippen molar-refractivity contribution < 1.29 is 8.91 Å². The third-order valence-corrected chi connectivity index (χ3v) is 4.10. The van der Waals surface area contributed by atoms with Gasteiger partial charge in [-0.25, -0.2) is 4.39 Å². The molecule has 1 aliphatic heterocycles. The van der Waals surface area contributed by atoms with Crippen molar-refractivity contribution in [1.29, 1.82) is 0 Å². The Morgan fingerprint density at radius 3 is 2.95 bits per heavy atom. The minimum absolute atomic E-state index is 0.176. The van der Waals surface area contributed by atoms with Gasteiger partial charge in [-0.2, -0.15) is 0 Å². The van der Waals surface area contributed by atoms with Crippen LogP contribution in [-0.2, 0) is 6.54 Å². The topological polar surface area (TPSA) is 29.3 Å². The van der Waals surface area contributed by atoms with E-state index in [9.17, 15) is 4.39 Å². The molecule has 0 amide bonds. The summed E-state index contributed by atoms with van der Waals surface area (Å²) in [6, 6.07) is 9.15. The van der Waals surface area contributed by atoms with E-state index < -0.39 is 0 Å². The molecule has 2 heterocycles. The number of benzene rings is 1. The fraction of sp³-hybridized carbons (Fsp3) is 0.471. The van der Waals surface area contributed by atoms with E-state index in [0.29, 0.717) is 5.92 Å². The molecule has 4 heteroatoms. The molecule has 1 unspecified atom stereocenters. The number of rotatable bonds is 4. The molecule has 1 aliphatic rings. The summed E-state index contributed by atoms with van der Waals surface area (Å²) in [5.74, 6) is 1.14. The molecule has 1 aromatic carbocycles. The average molecular weight is 288 g/mol. The molecule has 0 aliphatic carbocycles. The van der Waals surface area contributed by atoms with Crippen molar-refractivity contribution in [1.82, 2.24) is 10.1 Å². The van der Waals surface area contributed by atoms with Crippen LogP contribution < -0.4 is 0 Å². The zero-order chi connectivity index (χ0) is 14.8. The Hall–Kier alpha value is -1.68. The summed E-state index contributed by atoms with van der Waals surface area (Å²) in [6.07, 6.45) is 2.21. The van der Waals surface area contributed by atoms with Gasteiger partial charge in [0.2, 0.25) is 0 Å². The third kappa shape index (κ3) is 3.16. The molecule has 1 atom stereocenters. The molecular weight excluding hydrogens is 267 g/mol. The summed E-state index contributed by atoms with van der Waals surface area (Å²) >= 11 is 0. The minimum Gasteiger partial charge on any atom is -0.359 e. The van der Waals surface area contributed by atoms with Gasteiger partial charge >= 0.3 is 0 Å². The number of nitrogens with zero attached hydrogens (tertiary/aromatic N) is 2. The highest BCUT2D eigenvalue weighted by molar-refractivity contribution is 5.18. The highest BCUT2D eigenvalue weighted by Crippen LogP contribution is 2.34. The molecule has 0 spiro atoms. The Kier molecular flexibility index (Phi) is 4.06. The van der Waals surface area contributed by atoms with Crippen LogP contribution in [0.2, 0.25) is 0 Å². The van der Waals surface area contributed by atoms with Gasteiger partial charge in [0.05, 0.1) is 11.7 Å².